The molecule has 0 atom stereocenters. The zero-order valence-electron chi connectivity index (χ0n) is 31.7. The molecular weight excluding hydrogens is 823 g/mol. The minimum absolute atomic E-state index is 0. The predicted octanol–water partition coefficient (Wildman–Crippen LogP) is 6.37. The molecule has 0 saturated carbocycles. The maximum Gasteiger partial charge on any atom is -0.0809 e. The second kappa shape index (κ2) is 26.2. The minimum atomic E-state index is -0.212. The van der Waals surface area contributed by atoms with Crippen LogP contribution in [0.4, 0.5) is 0 Å². The van der Waals surface area contributed by atoms with E-state index in [1.165, 1.54) is 53.5 Å². The van der Waals surface area contributed by atoms with E-state index < -0.39 is 0 Å². The molecule has 0 saturated heterocycles. The van der Waals surface area contributed by atoms with Gasteiger partial charge in [-0.1, -0.05) is 24.3 Å². The van der Waals surface area contributed by atoms with E-state index in [0.29, 0.717) is 0 Å². The quantitative estimate of drug-likeness (QED) is 0.140. The monoisotopic (exact) mass is 866 g/mol. The van der Waals surface area contributed by atoms with Gasteiger partial charge in [0.05, 0.1) is 0 Å². The minimum Gasteiger partial charge on any atom is -1.00 e. The van der Waals surface area contributed by atoms with E-state index in [-0.39, 0.29) is 37.2 Å². The van der Waals surface area contributed by atoms with Crippen LogP contribution in [0.5, 0.6) is 0 Å². The number of hydrogen-bond acceptors (Lipinski definition) is 0. The van der Waals surface area contributed by atoms with Crippen LogP contribution in [-0.4, -0.2) is 12.4 Å². The third-order valence-electron chi connectivity index (χ3n) is 8.60. The largest absolute Gasteiger partial charge is 1.00 e. The zero-order chi connectivity index (χ0) is 37.8. The Morgan fingerprint density at radius 2 is 0.518 bits per heavy atom. The van der Waals surface area contributed by atoms with Gasteiger partial charge in [-0.15, -0.1) is 119 Å². The maximum absolute atomic E-state index is 2.31. The van der Waals surface area contributed by atoms with Gasteiger partial charge in [0.15, 0.2) is 0 Å². The van der Waals surface area contributed by atoms with Gasteiger partial charge in [0.2, 0.25) is 0 Å². The number of hydrogen-bond donors (Lipinski definition) is 0. The summed E-state index contributed by atoms with van der Waals surface area (Å²) in [5, 5.41) is 13.7. The fourth-order valence-electron chi connectivity index (χ4n) is 5.66. The average Bonchev–Trinajstić information content (AvgIpc) is 4.07. The summed E-state index contributed by atoms with van der Waals surface area (Å²) in [6.07, 6.45) is -0.424. The molecule has 0 aromatic heterocycles. The number of halogens is 2. The molecule has 0 aliphatic heterocycles. The van der Waals surface area contributed by atoms with Crippen LogP contribution in [0.2, 0.25) is 13.1 Å². The average molecular weight is 868 g/mol. The molecule has 0 unspecified atom stereocenters. The molecule has 0 amide bonds. The molecule has 0 fully saturated rings. The van der Waals surface area contributed by atoms with E-state index in [1.54, 1.807) is 0 Å². The van der Waals surface area contributed by atoms with Gasteiger partial charge in [-0.25, -0.2) is 0 Å². The molecule has 0 nitrogen and oxygen atoms in total. The van der Waals surface area contributed by atoms with Crippen LogP contribution in [0.25, 0.3) is 43.1 Å². The number of rotatable bonds is 2. The summed E-state index contributed by atoms with van der Waals surface area (Å²) in [4.78, 5) is 0. The first-order valence-corrected chi connectivity index (χ1v) is 26.8. The standard InChI is InChI=1S/4C9H7.2C7H8Si.2ClH.2Ti/c4*1-2-5-9-7-3-6-8(9)4-1;2*1-8-7-5-3-2-4-6-7;;;;/h4*1-7H;2*2-6H,1H3;2*1H;;/q4*-1;;;;;2*+2/p-2. The van der Waals surface area contributed by atoms with E-state index in [1.807, 2.05) is 0 Å². The van der Waals surface area contributed by atoms with E-state index in [9.17, 15) is 0 Å². The van der Waals surface area contributed by atoms with E-state index in [0.717, 1.165) is 0 Å². The smallest absolute Gasteiger partial charge is 0.0809 e. The molecule has 0 bridgehead atoms. The van der Waals surface area contributed by atoms with Gasteiger partial charge < -0.3 is 24.8 Å². The Bertz CT molecular complexity index is 2150. The van der Waals surface area contributed by atoms with Gasteiger partial charge in [0.1, 0.15) is 0 Å². The first kappa shape index (κ1) is 46.6. The van der Waals surface area contributed by atoms with Gasteiger partial charge in [-0.05, 0) is 0 Å². The summed E-state index contributed by atoms with van der Waals surface area (Å²) in [5.74, 6) is 0. The second-order valence-corrected chi connectivity index (χ2v) is 23.3. The van der Waals surface area contributed by atoms with Crippen molar-refractivity contribution >= 4 is 65.8 Å². The molecule has 6 heteroatoms. The third-order valence-corrected chi connectivity index (χ3v) is 13.7. The van der Waals surface area contributed by atoms with E-state index in [4.69, 9.17) is 0 Å². The molecule has 10 aromatic rings. The first-order valence-electron chi connectivity index (χ1n) is 18.1. The number of fused-ring (bicyclic) bond motifs is 4. The molecule has 0 aliphatic rings. The van der Waals surface area contributed by atoms with Crippen molar-refractivity contribution in [1.82, 2.24) is 0 Å². The third kappa shape index (κ3) is 15.6. The van der Waals surface area contributed by atoms with Crippen LogP contribution in [-0.2, 0) is 38.3 Å². The fourth-order valence-corrected chi connectivity index (χ4v) is 8.60. The van der Waals surface area contributed by atoms with E-state index >= 15 is 0 Å². The van der Waals surface area contributed by atoms with Crippen LogP contribution in [0.15, 0.2) is 231 Å². The first-order chi connectivity index (χ1) is 26.5. The van der Waals surface area contributed by atoms with Gasteiger partial charge >= 0.3 is 135 Å². The Balaban J connectivity index is 0.000000179. The van der Waals surface area contributed by atoms with Gasteiger partial charge in [0, 0.05) is 0 Å². The Kier molecular flexibility index (Phi) is 21.8. The molecule has 10 aromatic carbocycles. The van der Waals surface area contributed by atoms with Crippen molar-refractivity contribution < 1.29 is 63.2 Å². The van der Waals surface area contributed by atoms with Gasteiger partial charge in [0.25, 0.3) is 0 Å². The summed E-state index contributed by atoms with van der Waals surface area (Å²) in [5.41, 5.74) is 0. The predicted molar refractivity (Wildman–Crippen MR) is 234 cm³/mol. The Morgan fingerprint density at radius 3 is 0.714 bits per heavy atom. The zero-order valence-corrected chi connectivity index (χ0v) is 38.3. The summed E-state index contributed by atoms with van der Waals surface area (Å²) in [6.45, 7) is 4.61. The van der Waals surface area contributed by atoms with Crippen LogP contribution in [0.3, 0.4) is 0 Å². The van der Waals surface area contributed by atoms with Gasteiger partial charge in [-0.2, -0.15) is 70.1 Å². The molecule has 56 heavy (non-hydrogen) atoms. The Morgan fingerprint density at radius 1 is 0.304 bits per heavy atom. The molecule has 10 rings (SSSR count). The molecular formula is C50H44Cl2Si2Ti2-2. The van der Waals surface area contributed by atoms with Crippen LogP contribution < -0.4 is 35.2 Å². The van der Waals surface area contributed by atoms with Crippen molar-refractivity contribution in [3.05, 3.63) is 231 Å². The van der Waals surface area contributed by atoms with Crippen LogP contribution in [0.1, 0.15) is 0 Å². The van der Waals surface area contributed by atoms with Crippen molar-refractivity contribution in [3.63, 3.8) is 0 Å². The van der Waals surface area contributed by atoms with Crippen molar-refractivity contribution in [2.24, 2.45) is 0 Å². The second-order valence-electron chi connectivity index (χ2n) is 12.6. The summed E-state index contributed by atoms with van der Waals surface area (Å²) in [6, 6.07) is 80.0. The summed E-state index contributed by atoms with van der Waals surface area (Å²) >= 11 is 4.61. The fraction of sp³-hybridized carbons (Fsp3) is 0.0400. The van der Waals surface area contributed by atoms with Crippen LogP contribution >= 0.6 is 0 Å². The van der Waals surface area contributed by atoms with Crippen molar-refractivity contribution in [3.8, 4) is 0 Å². The molecule has 0 heterocycles. The van der Waals surface area contributed by atoms with Gasteiger partial charge in [-0.3, -0.25) is 0 Å². The Labute approximate surface area is 369 Å². The molecule has 0 N–H and O–H groups in total. The Hall–Kier alpha value is -3.80. The molecule has 0 aliphatic carbocycles. The number of benzene rings is 6. The topological polar surface area (TPSA) is 0 Å². The van der Waals surface area contributed by atoms with E-state index in [2.05, 4.69) is 282 Å². The molecule has 0 radical (unpaired) electrons. The SMILES string of the molecule is C[Si](=[Ti+2])c1ccccc1.C[Si](=[Ti+2])c1ccccc1.[Cl-].[Cl-].c1ccc2[cH-]ccc2c1.c1ccc2[cH-]ccc2c1.c1ccc2[cH-]ccc2c1.c1ccc2[cH-]ccc2c1. The maximum atomic E-state index is 2.31. The van der Waals surface area contributed by atoms with Crippen LogP contribution in [0, 0.1) is 0 Å². The van der Waals surface area contributed by atoms with Crippen molar-refractivity contribution in [1.29, 1.82) is 0 Å². The van der Waals surface area contributed by atoms with Crippen molar-refractivity contribution in [2.45, 2.75) is 13.1 Å². The normalized spacial score (nSPS) is 9.54. The van der Waals surface area contributed by atoms with Crippen molar-refractivity contribution in [2.75, 3.05) is 0 Å². The summed E-state index contributed by atoms with van der Waals surface area (Å²) in [7, 11) is 0. The summed E-state index contributed by atoms with van der Waals surface area (Å²) < 4.78 is 0. The molecule has 276 valence electrons. The molecule has 0 spiro atoms.